The summed E-state index contributed by atoms with van der Waals surface area (Å²) >= 11 is 3.36. The van der Waals surface area contributed by atoms with Crippen LogP contribution < -0.4 is 5.43 Å². The molecule has 0 atom stereocenters. The molecule has 3 nitrogen and oxygen atoms in total. The van der Waals surface area contributed by atoms with Crippen LogP contribution in [0.15, 0.2) is 33.8 Å². The van der Waals surface area contributed by atoms with Crippen LogP contribution in [0, 0.1) is 0 Å². The molecule has 102 valence electrons. The number of hydrogen-bond donors (Lipinski definition) is 1. The lowest BCUT2D eigenvalue weighted by molar-refractivity contribution is 0.0954. The summed E-state index contributed by atoms with van der Waals surface area (Å²) in [5, 5.41) is 4.29. The summed E-state index contributed by atoms with van der Waals surface area (Å²) in [6, 6.07) is 7.34. The Labute approximate surface area is 122 Å². The van der Waals surface area contributed by atoms with E-state index in [2.05, 4.69) is 26.5 Å². The monoisotopic (exact) mass is 322 g/mol. The molecule has 2 rings (SSSR count). The van der Waals surface area contributed by atoms with Gasteiger partial charge in [0.1, 0.15) is 0 Å². The van der Waals surface area contributed by atoms with E-state index in [4.69, 9.17) is 0 Å². The van der Waals surface area contributed by atoms with Crippen molar-refractivity contribution in [1.82, 2.24) is 5.43 Å². The van der Waals surface area contributed by atoms with E-state index in [9.17, 15) is 4.79 Å². The van der Waals surface area contributed by atoms with Crippen LogP contribution in [-0.2, 0) is 0 Å². The quantitative estimate of drug-likeness (QED) is 0.811. The second-order valence-corrected chi connectivity index (χ2v) is 5.81. The minimum Gasteiger partial charge on any atom is -0.267 e. The van der Waals surface area contributed by atoms with Crippen molar-refractivity contribution in [2.75, 3.05) is 0 Å². The van der Waals surface area contributed by atoms with Gasteiger partial charge in [0.25, 0.3) is 5.91 Å². The summed E-state index contributed by atoms with van der Waals surface area (Å²) in [4.78, 5) is 12.0. The summed E-state index contributed by atoms with van der Waals surface area (Å²) in [6.07, 6.45) is 8.28. The van der Waals surface area contributed by atoms with Crippen molar-refractivity contribution in [2.24, 2.45) is 5.10 Å². The number of carbonyl (C=O) groups excluding carboxylic acids is 1. The Morgan fingerprint density at radius 1 is 1.11 bits per heavy atom. The summed E-state index contributed by atoms with van der Waals surface area (Å²) in [7, 11) is 0. The molecule has 1 aliphatic carbocycles. The molecule has 1 fully saturated rings. The van der Waals surface area contributed by atoms with Crippen molar-refractivity contribution in [3.8, 4) is 0 Å². The minimum atomic E-state index is -0.143. The molecule has 1 N–H and O–H groups in total. The maximum absolute atomic E-state index is 12.0. The number of carbonyl (C=O) groups is 1. The zero-order valence-corrected chi connectivity index (χ0v) is 12.6. The van der Waals surface area contributed by atoms with E-state index >= 15 is 0 Å². The van der Waals surface area contributed by atoms with Crippen LogP contribution in [0.4, 0.5) is 0 Å². The Morgan fingerprint density at radius 3 is 2.47 bits per heavy atom. The molecule has 0 heterocycles. The predicted octanol–water partition coefficient (Wildman–Crippen LogP) is 4.28. The Bertz CT molecular complexity index is 461. The Balaban J connectivity index is 1.94. The van der Waals surface area contributed by atoms with Gasteiger partial charge in [-0.2, -0.15) is 5.10 Å². The third kappa shape index (κ3) is 4.78. The first kappa shape index (κ1) is 14.3. The fourth-order valence-corrected chi connectivity index (χ4v) is 2.65. The van der Waals surface area contributed by atoms with E-state index in [0.717, 1.165) is 23.0 Å². The van der Waals surface area contributed by atoms with Crippen molar-refractivity contribution in [2.45, 2.75) is 44.9 Å². The smallest absolute Gasteiger partial charge is 0.267 e. The number of nitrogens with one attached hydrogen (secondary N) is 1. The van der Waals surface area contributed by atoms with Crippen LogP contribution in [-0.4, -0.2) is 11.6 Å². The van der Waals surface area contributed by atoms with Crippen molar-refractivity contribution in [3.05, 3.63) is 34.3 Å². The number of hydrogen-bond acceptors (Lipinski definition) is 2. The number of halogens is 1. The number of rotatable bonds is 2. The average Bonchev–Trinajstić information content (AvgIpc) is 2.37. The fraction of sp³-hybridized carbons (Fsp3) is 0.467. The molecule has 1 aromatic carbocycles. The van der Waals surface area contributed by atoms with E-state index in [-0.39, 0.29) is 5.91 Å². The van der Waals surface area contributed by atoms with Gasteiger partial charge in [-0.25, -0.2) is 5.43 Å². The molecular weight excluding hydrogens is 304 g/mol. The van der Waals surface area contributed by atoms with Crippen molar-refractivity contribution in [1.29, 1.82) is 0 Å². The lowest BCUT2D eigenvalue weighted by atomic mass is 9.99. The van der Waals surface area contributed by atoms with Crippen LogP contribution in [0.2, 0.25) is 0 Å². The highest BCUT2D eigenvalue weighted by Gasteiger charge is 2.07. The molecular formula is C15H19BrN2O. The predicted molar refractivity (Wildman–Crippen MR) is 81.4 cm³/mol. The molecule has 1 aromatic rings. The zero-order valence-electron chi connectivity index (χ0n) is 11.0. The highest BCUT2D eigenvalue weighted by atomic mass is 79.9. The molecule has 1 amide bonds. The molecule has 1 saturated carbocycles. The van der Waals surface area contributed by atoms with Crippen LogP contribution in [0.3, 0.4) is 0 Å². The normalized spacial score (nSPS) is 16.4. The van der Waals surface area contributed by atoms with Crippen molar-refractivity contribution >= 4 is 27.5 Å². The van der Waals surface area contributed by atoms with Gasteiger partial charge in [-0.15, -0.1) is 0 Å². The van der Waals surface area contributed by atoms with Gasteiger partial charge in [-0.1, -0.05) is 41.3 Å². The van der Waals surface area contributed by atoms with Crippen LogP contribution in [0.25, 0.3) is 0 Å². The molecule has 0 radical (unpaired) electrons. The van der Waals surface area contributed by atoms with Gasteiger partial charge >= 0.3 is 0 Å². The van der Waals surface area contributed by atoms with Gasteiger partial charge in [0, 0.05) is 15.7 Å². The first-order chi connectivity index (χ1) is 9.25. The van der Waals surface area contributed by atoms with Crippen LogP contribution in [0.1, 0.15) is 55.3 Å². The van der Waals surface area contributed by atoms with Gasteiger partial charge in [0.2, 0.25) is 0 Å². The Hall–Kier alpha value is -1.16. The average molecular weight is 323 g/mol. The molecule has 0 bridgehead atoms. The third-order valence-electron chi connectivity index (χ3n) is 3.33. The van der Waals surface area contributed by atoms with Gasteiger partial charge in [-0.3, -0.25) is 4.79 Å². The third-order valence-corrected chi connectivity index (χ3v) is 3.83. The van der Waals surface area contributed by atoms with E-state index in [1.165, 1.54) is 32.1 Å². The van der Waals surface area contributed by atoms with E-state index < -0.39 is 0 Å². The van der Waals surface area contributed by atoms with E-state index in [1.807, 2.05) is 12.1 Å². The highest BCUT2D eigenvalue weighted by Crippen LogP contribution is 2.15. The van der Waals surface area contributed by atoms with Crippen LogP contribution in [0.5, 0.6) is 0 Å². The lowest BCUT2D eigenvalue weighted by Crippen LogP contribution is -2.20. The van der Waals surface area contributed by atoms with Gasteiger partial charge in [-0.05, 0) is 43.9 Å². The second-order valence-electron chi connectivity index (χ2n) is 4.90. The van der Waals surface area contributed by atoms with Gasteiger partial charge in [0.05, 0.1) is 0 Å². The largest absolute Gasteiger partial charge is 0.271 e. The molecule has 19 heavy (non-hydrogen) atoms. The lowest BCUT2D eigenvalue weighted by Gasteiger charge is -2.11. The molecule has 0 aromatic heterocycles. The number of nitrogens with zero attached hydrogens (tertiary/aromatic N) is 1. The fourth-order valence-electron chi connectivity index (χ4n) is 2.25. The van der Waals surface area contributed by atoms with Gasteiger partial charge < -0.3 is 0 Å². The first-order valence-corrected chi connectivity index (χ1v) is 7.66. The number of hydrazone groups is 1. The summed E-state index contributed by atoms with van der Waals surface area (Å²) in [5.74, 6) is -0.143. The Morgan fingerprint density at radius 2 is 1.79 bits per heavy atom. The van der Waals surface area contributed by atoms with Crippen LogP contribution >= 0.6 is 15.9 Å². The highest BCUT2D eigenvalue weighted by molar-refractivity contribution is 9.10. The second kappa shape index (κ2) is 7.43. The topological polar surface area (TPSA) is 41.5 Å². The standard InChI is InChI=1S/C15H19BrN2O/c16-13-8-6-7-12(11-13)15(19)18-17-14-9-4-2-1-3-5-10-14/h6-8,11H,1-5,9-10H2,(H,18,19). The molecule has 0 saturated heterocycles. The molecule has 1 aliphatic rings. The minimum absolute atomic E-state index is 0.143. The van der Waals surface area contributed by atoms with Crippen molar-refractivity contribution < 1.29 is 4.79 Å². The summed E-state index contributed by atoms with van der Waals surface area (Å²) in [5.41, 5.74) is 4.43. The summed E-state index contributed by atoms with van der Waals surface area (Å²) < 4.78 is 0.902. The van der Waals surface area contributed by atoms with Crippen molar-refractivity contribution in [3.63, 3.8) is 0 Å². The molecule has 4 heteroatoms. The molecule has 0 aliphatic heterocycles. The maximum atomic E-state index is 12.0. The number of amides is 1. The number of benzene rings is 1. The Kier molecular flexibility index (Phi) is 5.58. The first-order valence-electron chi connectivity index (χ1n) is 6.87. The van der Waals surface area contributed by atoms with E-state index in [1.54, 1.807) is 12.1 Å². The van der Waals surface area contributed by atoms with Gasteiger partial charge in [0.15, 0.2) is 0 Å². The van der Waals surface area contributed by atoms with E-state index in [0.29, 0.717) is 5.56 Å². The zero-order chi connectivity index (χ0) is 13.5. The SMILES string of the molecule is O=C(NN=C1CCCCCCC1)c1cccc(Br)c1. The molecule has 0 unspecified atom stereocenters. The molecule has 0 spiro atoms. The maximum Gasteiger partial charge on any atom is 0.271 e. The summed E-state index contributed by atoms with van der Waals surface area (Å²) in [6.45, 7) is 0.